The molecule has 0 unspecified atom stereocenters. The van der Waals surface area contributed by atoms with E-state index in [-0.39, 0.29) is 0 Å². The van der Waals surface area contributed by atoms with Crippen molar-refractivity contribution in [2.45, 2.75) is 19.6 Å². The largest absolute Gasteiger partial charge is 0.416 e. The number of halogens is 4. The molecule has 0 amide bonds. The molecule has 1 aromatic carbocycles. The van der Waals surface area contributed by atoms with Gasteiger partial charge in [0.05, 0.1) is 5.56 Å². The number of aryl methyl sites for hydroxylation is 1. The number of imidazole rings is 1. The molecule has 0 aliphatic rings. The second-order valence-corrected chi connectivity index (χ2v) is 4.80. The van der Waals surface area contributed by atoms with Gasteiger partial charge in [-0.25, -0.2) is 4.98 Å². The SMILES string of the molecule is CCn1ccnc1Nc1cc(Br)cc(C(F)(F)F)c1. The summed E-state index contributed by atoms with van der Waals surface area (Å²) in [5, 5.41) is 2.88. The highest BCUT2D eigenvalue weighted by Gasteiger charge is 2.31. The van der Waals surface area contributed by atoms with Crippen LogP contribution < -0.4 is 5.32 Å². The van der Waals surface area contributed by atoms with E-state index in [1.807, 2.05) is 6.92 Å². The van der Waals surface area contributed by atoms with Crippen LogP contribution in [-0.2, 0) is 12.7 Å². The molecule has 1 aromatic heterocycles. The van der Waals surface area contributed by atoms with Crippen molar-refractivity contribution in [3.63, 3.8) is 0 Å². The van der Waals surface area contributed by atoms with Gasteiger partial charge in [0.2, 0.25) is 5.95 Å². The van der Waals surface area contributed by atoms with Crippen LogP contribution in [0.5, 0.6) is 0 Å². The first-order chi connectivity index (χ1) is 8.90. The van der Waals surface area contributed by atoms with Crippen LogP contribution in [0.15, 0.2) is 35.1 Å². The highest BCUT2D eigenvalue weighted by molar-refractivity contribution is 9.10. The van der Waals surface area contributed by atoms with Crippen LogP contribution in [-0.4, -0.2) is 9.55 Å². The minimum absolute atomic E-state index is 0.336. The van der Waals surface area contributed by atoms with Gasteiger partial charge in [0, 0.05) is 29.1 Å². The van der Waals surface area contributed by atoms with Gasteiger partial charge in [-0.1, -0.05) is 15.9 Å². The molecule has 19 heavy (non-hydrogen) atoms. The first-order valence-corrected chi connectivity index (χ1v) is 6.35. The van der Waals surface area contributed by atoms with Gasteiger partial charge in [0.1, 0.15) is 0 Å². The van der Waals surface area contributed by atoms with Gasteiger partial charge in [-0.05, 0) is 25.1 Å². The second kappa shape index (κ2) is 5.24. The van der Waals surface area contributed by atoms with Crippen molar-refractivity contribution in [1.29, 1.82) is 0 Å². The molecule has 1 heterocycles. The van der Waals surface area contributed by atoms with E-state index in [2.05, 4.69) is 26.2 Å². The second-order valence-electron chi connectivity index (χ2n) is 3.89. The molecule has 0 aliphatic heterocycles. The molecule has 0 saturated heterocycles. The molecular formula is C12H11BrF3N3. The summed E-state index contributed by atoms with van der Waals surface area (Å²) in [7, 11) is 0. The lowest BCUT2D eigenvalue weighted by molar-refractivity contribution is -0.137. The quantitative estimate of drug-likeness (QED) is 0.900. The van der Waals surface area contributed by atoms with E-state index in [4.69, 9.17) is 0 Å². The van der Waals surface area contributed by atoms with Crippen molar-refractivity contribution in [1.82, 2.24) is 9.55 Å². The monoisotopic (exact) mass is 333 g/mol. The molecule has 0 bridgehead atoms. The van der Waals surface area contributed by atoms with Gasteiger partial charge in [0.25, 0.3) is 0 Å². The zero-order valence-electron chi connectivity index (χ0n) is 10.0. The van der Waals surface area contributed by atoms with Gasteiger partial charge < -0.3 is 9.88 Å². The number of aromatic nitrogens is 2. The van der Waals surface area contributed by atoms with E-state index in [1.54, 1.807) is 23.0 Å². The van der Waals surface area contributed by atoms with E-state index in [0.29, 0.717) is 22.7 Å². The number of hydrogen-bond donors (Lipinski definition) is 1. The number of rotatable bonds is 3. The Morgan fingerprint density at radius 2 is 2.05 bits per heavy atom. The van der Waals surface area contributed by atoms with E-state index in [1.165, 1.54) is 0 Å². The topological polar surface area (TPSA) is 29.9 Å². The van der Waals surface area contributed by atoms with Crippen molar-refractivity contribution < 1.29 is 13.2 Å². The summed E-state index contributed by atoms with van der Waals surface area (Å²) in [4.78, 5) is 4.06. The number of nitrogens with one attached hydrogen (secondary N) is 1. The Morgan fingerprint density at radius 3 is 2.68 bits per heavy atom. The van der Waals surface area contributed by atoms with Gasteiger partial charge >= 0.3 is 6.18 Å². The van der Waals surface area contributed by atoms with Crippen LogP contribution in [0.3, 0.4) is 0 Å². The van der Waals surface area contributed by atoms with E-state index in [9.17, 15) is 13.2 Å². The number of alkyl halides is 3. The number of hydrogen-bond acceptors (Lipinski definition) is 2. The Balaban J connectivity index is 2.33. The standard InChI is InChI=1S/C12H11BrF3N3/c1-2-19-4-3-17-11(19)18-10-6-8(12(14,15)16)5-9(13)7-10/h3-7H,2H2,1H3,(H,17,18). The molecule has 2 aromatic rings. The van der Waals surface area contributed by atoms with E-state index < -0.39 is 11.7 Å². The smallest absolute Gasteiger partial charge is 0.326 e. The Kier molecular flexibility index (Phi) is 3.84. The van der Waals surface area contributed by atoms with Crippen LogP contribution in [0.25, 0.3) is 0 Å². The fraction of sp³-hybridized carbons (Fsp3) is 0.250. The fourth-order valence-corrected chi connectivity index (χ4v) is 2.14. The molecule has 0 saturated carbocycles. The third kappa shape index (κ3) is 3.28. The number of nitrogens with zero attached hydrogens (tertiary/aromatic N) is 2. The molecule has 7 heteroatoms. The van der Waals surface area contributed by atoms with Crippen molar-refractivity contribution in [3.05, 3.63) is 40.6 Å². The van der Waals surface area contributed by atoms with Crippen molar-refractivity contribution in [2.24, 2.45) is 0 Å². The van der Waals surface area contributed by atoms with Crippen molar-refractivity contribution in [3.8, 4) is 0 Å². The molecule has 1 N–H and O–H groups in total. The Labute approximate surface area is 116 Å². The fourth-order valence-electron chi connectivity index (χ4n) is 1.64. The first kappa shape index (κ1) is 13.9. The van der Waals surface area contributed by atoms with E-state index >= 15 is 0 Å². The molecule has 0 atom stereocenters. The maximum absolute atomic E-state index is 12.7. The Hall–Kier alpha value is -1.50. The summed E-state index contributed by atoms with van der Waals surface area (Å²) in [5.41, 5.74) is -0.374. The lowest BCUT2D eigenvalue weighted by atomic mass is 10.2. The summed E-state index contributed by atoms with van der Waals surface area (Å²) in [5.74, 6) is 0.508. The minimum Gasteiger partial charge on any atom is -0.326 e. The number of benzene rings is 1. The van der Waals surface area contributed by atoms with Gasteiger partial charge in [0.15, 0.2) is 0 Å². The third-order valence-electron chi connectivity index (χ3n) is 2.54. The van der Waals surface area contributed by atoms with Gasteiger partial charge in [-0.3, -0.25) is 0 Å². The van der Waals surface area contributed by atoms with Crippen LogP contribution in [0.4, 0.5) is 24.8 Å². The third-order valence-corrected chi connectivity index (χ3v) is 3.00. The summed E-state index contributed by atoms with van der Waals surface area (Å²) in [6.45, 7) is 2.61. The average molecular weight is 334 g/mol. The predicted octanol–water partition coefficient (Wildman–Crippen LogP) is 4.43. The summed E-state index contributed by atoms with van der Waals surface area (Å²) in [6, 6.07) is 3.67. The maximum atomic E-state index is 12.7. The summed E-state index contributed by atoms with van der Waals surface area (Å²) < 4.78 is 40.3. The number of anilines is 2. The van der Waals surface area contributed by atoms with Crippen LogP contribution in [0.1, 0.15) is 12.5 Å². The van der Waals surface area contributed by atoms with Crippen molar-refractivity contribution >= 4 is 27.6 Å². The molecule has 0 spiro atoms. The lowest BCUT2D eigenvalue weighted by Gasteiger charge is -2.12. The van der Waals surface area contributed by atoms with Crippen LogP contribution in [0, 0.1) is 0 Å². The van der Waals surface area contributed by atoms with E-state index in [0.717, 1.165) is 12.1 Å². The highest BCUT2D eigenvalue weighted by atomic mass is 79.9. The molecule has 3 nitrogen and oxygen atoms in total. The van der Waals surface area contributed by atoms with Crippen LogP contribution >= 0.6 is 15.9 Å². The molecular weight excluding hydrogens is 323 g/mol. The molecule has 0 fully saturated rings. The highest BCUT2D eigenvalue weighted by Crippen LogP contribution is 2.34. The van der Waals surface area contributed by atoms with Crippen molar-refractivity contribution in [2.75, 3.05) is 5.32 Å². The Morgan fingerprint density at radius 1 is 1.32 bits per heavy atom. The summed E-state index contributed by atoms with van der Waals surface area (Å²) >= 11 is 3.08. The molecule has 2 rings (SSSR count). The maximum Gasteiger partial charge on any atom is 0.416 e. The van der Waals surface area contributed by atoms with Gasteiger partial charge in [-0.15, -0.1) is 0 Å². The molecule has 0 aliphatic carbocycles. The molecule has 102 valence electrons. The predicted molar refractivity (Wildman–Crippen MR) is 70.3 cm³/mol. The Bertz CT molecular complexity index is 578. The summed E-state index contributed by atoms with van der Waals surface area (Å²) in [6.07, 6.45) is -1.03. The normalized spacial score (nSPS) is 11.6. The minimum atomic E-state index is -4.37. The zero-order chi connectivity index (χ0) is 14.0. The zero-order valence-corrected chi connectivity index (χ0v) is 11.6. The average Bonchev–Trinajstić information content (AvgIpc) is 2.74. The van der Waals surface area contributed by atoms with Gasteiger partial charge in [-0.2, -0.15) is 13.2 Å². The lowest BCUT2D eigenvalue weighted by Crippen LogP contribution is -2.07. The van der Waals surface area contributed by atoms with Crippen LogP contribution in [0.2, 0.25) is 0 Å². The first-order valence-electron chi connectivity index (χ1n) is 5.56. The molecule has 0 radical (unpaired) electrons.